The Balaban J connectivity index is 3.92. The molecule has 0 aromatic carbocycles. The van der Waals surface area contributed by atoms with E-state index in [-0.39, 0.29) is 23.8 Å². The molecule has 13 heavy (non-hydrogen) atoms. The molecule has 0 aromatic rings. The van der Waals surface area contributed by atoms with Gasteiger partial charge in [0.15, 0.2) is 0 Å². The number of rotatable bonds is 4. The van der Waals surface area contributed by atoms with Crippen molar-refractivity contribution < 1.29 is 9.90 Å². The molecule has 0 aliphatic heterocycles. The topological polar surface area (TPSA) is 63.3 Å². The van der Waals surface area contributed by atoms with Crippen molar-refractivity contribution in [3.63, 3.8) is 0 Å². The van der Waals surface area contributed by atoms with Crippen LogP contribution in [0.3, 0.4) is 0 Å². The Morgan fingerprint density at radius 3 is 2.23 bits per heavy atom. The van der Waals surface area contributed by atoms with E-state index in [4.69, 9.17) is 10.8 Å². The molecule has 3 N–H and O–H groups in total. The highest BCUT2D eigenvalue weighted by Crippen LogP contribution is 2.23. The summed E-state index contributed by atoms with van der Waals surface area (Å²) in [5, 5.41) is 8.56. The Kier molecular flexibility index (Phi) is 4.40. The lowest BCUT2D eigenvalue weighted by Crippen LogP contribution is -2.36. The molecule has 0 heterocycles. The third-order valence-corrected chi connectivity index (χ3v) is 2.29. The second-order valence-corrected chi connectivity index (χ2v) is 4.91. The fourth-order valence-electron chi connectivity index (χ4n) is 1.17. The minimum absolute atomic E-state index is 0.0623. The van der Waals surface area contributed by atoms with E-state index in [2.05, 4.69) is 20.8 Å². The summed E-state index contributed by atoms with van der Waals surface area (Å²) in [5.41, 5.74) is 6.00. The van der Waals surface area contributed by atoms with Gasteiger partial charge in [0, 0.05) is 12.5 Å². The molecular formula is C10H21NO2. The Morgan fingerprint density at radius 1 is 1.46 bits per heavy atom. The number of carbonyl (C=O) groups is 1. The van der Waals surface area contributed by atoms with Crippen LogP contribution in [-0.2, 0) is 4.79 Å². The molecule has 0 amide bonds. The zero-order valence-corrected chi connectivity index (χ0v) is 9.00. The van der Waals surface area contributed by atoms with E-state index in [0.29, 0.717) is 0 Å². The van der Waals surface area contributed by atoms with Crippen molar-refractivity contribution in [2.75, 3.05) is 0 Å². The SMILES string of the molecule is CC(CC(=O)O)CC(N)C(C)(C)C. The van der Waals surface area contributed by atoms with Gasteiger partial charge in [-0.2, -0.15) is 0 Å². The Bertz CT molecular complexity index is 172. The largest absolute Gasteiger partial charge is 0.481 e. The van der Waals surface area contributed by atoms with Crippen LogP contribution in [0, 0.1) is 11.3 Å². The highest BCUT2D eigenvalue weighted by atomic mass is 16.4. The molecule has 0 bridgehead atoms. The number of carboxylic acids is 1. The molecule has 0 radical (unpaired) electrons. The van der Waals surface area contributed by atoms with E-state index >= 15 is 0 Å². The van der Waals surface area contributed by atoms with E-state index in [0.717, 1.165) is 6.42 Å². The number of aliphatic carboxylic acids is 1. The molecule has 78 valence electrons. The monoisotopic (exact) mass is 187 g/mol. The highest BCUT2D eigenvalue weighted by Gasteiger charge is 2.23. The van der Waals surface area contributed by atoms with Crippen LogP contribution in [0.4, 0.5) is 0 Å². The standard InChI is InChI=1S/C10H21NO2/c1-7(6-9(12)13)5-8(11)10(2,3)4/h7-8H,5-6,11H2,1-4H3,(H,12,13). The molecule has 3 nitrogen and oxygen atoms in total. The number of hydrogen-bond donors (Lipinski definition) is 2. The average molecular weight is 187 g/mol. The van der Waals surface area contributed by atoms with Crippen LogP contribution in [0.1, 0.15) is 40.5 Å². The first-order valence-corrected chi connectivity index (χ1v) is 4.71. The maximum atomic E-state index is 10.4. The van der Waals surface area contributed by atoms with Crippen molar-refractivity contribution >= 4 is 5.97 Å². The van der Waals surface area contributed by atoms with Crippen LogP contribution < -0.4 is 5.73 Å². The van der Waals surface area contributed by atoms with Gasteiger partial charge in [0.1, 0.15) is 0 Å². The molecular weight excluding hydrogens is 166 g/mol. The van der Waals surface area contributed by atoms with Crippen molar-refractivity contribution in [2.45, 2.75) is 46.6 Å². The van der Waals surface area contributed by atoms with Gasteiger partial charge in [-0.15, -0.1) is 0 Å². The Hall–Kier alpha value is -0.570. The van der Waals surface area contributed by atoms with Crippen LogP contribution in [0.25, 0.3) is 0 Å². The van der Waals surface area contributed by atoms with Gasteiger partial charge in [-0.05, 0) is 17.8 Å². The van der Waals surface area contributed by atoms with Crippen molar-refractivity contribution in [2.24, 2.45) is 17.1 Å². The van der Waals surface area contributed by atoms with Crippen LogP contribution in [-0.4, -0.2) is 17.1 Å². The van der Waals surface area contributed by atoms with Gasteiger partial charge < -0.3 is 10.8 Å². The second kappa shape index (κ2) is 4.61. The predicted octanol–water partition coefficient (Wildman–Crippen LogP) is 1.86. The van der Waals surface area contributed by atoms with E-state index in [9.17, 15) is 4.79 Å². The molecule has 0 saturated carbocycles. The minimum Gasteiger partial charge on any atom is -0.481 e. The van der Waals surface area contributed by atoms with Gasteiger partial charge >= 0.3 is 5.97 Å². The fraction of sp³-hybridized carbons (Fsp3) is 0.900. The quantitative estimate of drug-likeness (QED) is 0.706. The summed E-state index contributed by atoms with van der Waals surface area (Å²) in [6.07, 6.45) is 0.986. The van der Waals surface area contributed by atoms with Gasteiger partial charge in [-0.1, -0.05) is 27.7 Å². The molecule has 2 atom stereocenters. The zero-order chi connectivity index (χ0) is 10.6. The fourth-order valence-corrected chi connectivity index (χ4v) is 1.17. The lowest BCUT2D eigenvalue weighted by molar-refractivity contribution is -0.138. The second-order valence-electron chi connectivity index (χ2n) is 4.91. The van der Waals surface area contributed by atoms with Gasteiger partial charge in [-0.25, -0.2) is 0 Å². The lowest BCUT2D eigenvalue weighted by Gasteiger charge is -2.28. The number of carboxylic acid groups (broad SMARTS) is 1. The Labute approximate surface area is 80.3 Å². The van der Waals surface area contributed by atoms with E-state index in [1.165, 1.54) is 0 Å². The molecule has 0 saturated heterocycles. The van der Waals surface area contributed by atoms with E-state index in [1.807, 2.05) is 6.92 Å². The molecule has 0 fully saturated rings. The summed E-state index contributed by atoms with van der Waals surface area (Å²) in [4.78, 5) is 10.4. The molecule has 2 unspecified atom stereocenters. The molecule has 0 aromatic heterocycles. The van der Waals surface area contributed by atoms with Gasteiger partial charge in [-0.3, -0.25) is 4.79 Å². The Morgan fingerprint density at radius 2 is 1.92 bits per heavy atom. The van der Waals surface area contributed by atoms with Crippen LogP contribution >= 0.6 is 0 Å². The van der Waals surface area contributed by atoms with Crippen LogP contribution in [0.2, 0.25) is 0 Å². The van der Waals surface area contributed by atoms with Crippen molar-refractivity contribution in [1.29, 1.82) is 0 Å². The first-order chi connectivity index (χ1) is 5.73. The van der Waals surface area contributed by atoms with Crippen molar-refractivity contribution in [1.82, 2.24) is 0 Å². The summed E-state index contributed by atoms with van der Waals surface area (Å²) in [6, 6.07) is 0.0712. The molecule has 3 heteroatoms. The summed E-state index contributed by atoms with van der Waals surface area (Å²) < 4.78 is 0. The maximum absolute atomic E-state index is 10.4. The first kappa shape index (κ1) is 12.4. The minimum atomic E-state index is -0.742. The average Bonchev–Trinajstić information content (AvgIpc) is 1.82. The van der Waals surface area contributed by atoms with E-state index < -0.39 is 5.97 Å². The summed E-state index contributed by atoms with van der Waals surface area (Å²) in [6.45, 7) is 8.15. The predicted molar refractivity (Wildman–Crippen MR) is 53.5 cm³/mol. The van der Waals surface area contributed by atoms with Crippen molar-refractivity contribution in [3.05, 3.63) is 0 Å². The third kappa shape index (κ3) is 5.64. The van der Waals surface area contributed by atoms with Gasteiger partial charge in [0.05, 0.1) is 0 Å². The highest BCUT2D eigenvalue weighted by molar-refractivity contribution is 5.66. The first-order valence-electron chi connectivity index (χ1n) is 4.71. The third-order valence-electron chi connectivity index (χ3n) is 2.29. The normalized spacial score (nSPS) is 16.7. The smallest absolute Gasteiger partial charge is 0.303 e. The van der Waals surface area contributed by atoms with E-state index in [1.54, 1.807) is 0 Å². The number of nitrogens with two attached hydrogens (primary N) is 1. The number of hydrogen-bond acceptors (Lipinski definition) is 2. The zero-order valence-electron chi connectivity index (χ0n) is 9.00. The molecule has 0 aliphatic carbocycles. The molecule has 0 spiro atoms. The summed E-state index contributed by atoms with van der Waals surface area (Å²) in [5.74, 6) is -0.583. The van der Waals surface area contributed by atoms with Crippen LogP contribution in [0.5, 0.6) is 0 Å². The van der Waals surface area contributed by atoms with Crippen molar-refractivity contribution in [3.8, 4) is 0 Å². The van der Waals surface area contributed by atoms with Crippen LogP contribution in [0.15, 0.2) is 0 Å². The van der Waals surface area contributed by atoms with Gasteiger partial charge in [0.2, 0.25) is 0 Å². The molecule has 0 aliphatic rings. The maximum Gasteiger partial charge on any atom is 0.303 e. The lowest BCUT2D eigenvalue weighted by atomic mass is 9.82. The van der Waals surface area contributed by atoms with Gasteiger partial charge in [0.25, 0.3) is 0 Å². The molecule has 0 rings (SSSR count). The summed E-state index contributed by atoms with van der Waals surface area (Å²) in [7, 11) is 0. The summed E-state index contributed by atoms with van der Waals surface area (Å²) >= 11 is 0.